The Hall–Kier alpha value is -2.49. The van der Waals surface area contributed by atoms with Gasteiger partial charge in [0.05, 0.1) is 19.6 Å². The van der Waals surface area contributed by atoms with Crippen LogP contribution in [0.25, 0.3) is 0 Å². The fourth-order valence-electron chi connectivity index (χ4n) is 3.21. The van der Waals surface area contributed by atoms with Crippen LogP contribution in [0.1, 0.15) is 30.4 Å². The molecular weight excluding hydrogens is 314 g/mol. The van der Waals surface area contributed by atoms with Gasteiger partial charge in [0.25, 0.3) is 0 Å². The van der Waals surface area contributed by atoms with Crippen molar-refractivity contribution >= 4 is 5.91 Å². The fraction of sp³-hybridized carbons (Fsp3) is 0.381. The number of aryl methyl sites for hydroxylation is 1. The topological polar surface area (TPSA) is 47.6 Å². The molecule has 4 nitrogen and oxygen atoms in total. The molecule has 1 fully saturated rings. The summed E-state index contributed by atoms with van der Waals surface area (Å²) in [6, 6.07) is 16.1. The fourth-order valence-corrected chi connectivity index (χ4v) is 3.21. The van der Waals surface area contributed by atoms with E-state index in [2.05, 4.69) is 17.4 Å². The Morgan fingerprint density at radius 1 is 1.04 bits per heavy atom. The molecule has 0 spiro atoms. The molecule has 0 heterocycles. The zero-order valence-electron chi connectivity index (χ0n) is 14.9. The van der Waals surface area contributed by atoms with Crippen molar-refractivity contribution < 1.29 is 14.3 Å². The van der Waals surface area contributed by atoms with Crippen molar-refractivity contribution in [3.8, 4) is 11.5 Å². The Morgan fingerprint density at radius 2 is 1.76 bits per heavy atom. The molecule has 3 rings (SSSR count). The van der Waals surface area contributed by atoms with Crippen molar-refractivity contribution in [1.82, 2.24) is 5.32 Å². The molecule has 1 aliphatic rings. The summed E-state index contributed by atoms with van der Waals surface area (Å²) in [5.74, 6) is 1.47. The number of carbonyl (C=O) groups excluding carboxylic acids is 1. The highest BCUT2D eigenvalue weighted by atomic mass is 16.5. The van der Waals surface area contributed by atoms with Crippen molar-refractivity contribution in [2.45, 2.75) is 31.1 Å². The van der Waals surface area contributed by atoms with E-state index in [4.69, 9.17) is 9.47 Å². The minimum absolute atomic E-state index is 0.118. The zero-order valence-corrected chi connectivity index (χ0v) is 14.9. The number of amides is 1. The Balaban J connectivity index is 1.58. The van der Waals surface area contributed by atoms with Crippen LogP contribution in [0.4, 0.5) is 0 Å². The van der Waals surface area contributed by atoms with Crippen molar-refractivity contribution in [3.63, 3.8) is 0 Å². The maximum atomic E-state index is 12.7. The van der Waals surface area contributed by atoms with E-state index in [9.17, 15) is 4.79 Å². The summed E-state index contributed by atoms with van der Waals surface area (Å²) in [5.41, 5.74) is 1.91. The van der Waals surface area contributed by atoms with Crippen LogP contribution in [0.3, 0.4) is 0 Å². The van der Waals surface area contributed by atoms with Gasteiger partial charge in [0, 0.05) is 6.54 Å². The number of hydrogen-bond acceptors (Lipinski definition) is 3. The predicted molar refractivity (Wildman–Crippen MR) is 98.2 cm³/mol. The second-order valence-corrected chi connectivity index (χ2v) is 6.50. The number of ether oxygens (including phenoxy) is 2. The first-order valence-electron chi connectivity index (χ1n) is 8.74. The highest BCUT2D eigenvalue weighted by molar-refractivity contribution is 5.91. The van der Waals surface area contributed by atoms with Crippen LogP contribution in [0.15, 0.2) is 48.5 Å². The van der Waals surface area contributed by atoms with Gasteiger partial charge >= 0.3 is 0 Å². The van der Waals surface area contributed by atoms with Gasteiger partial charge in [-0.2, -0.15) is 0 Å². The zero-order chi connectivity index (χ0) is 17.7. The second-order valence-electron chi connectivity index (χ2n) is 6.50. The largest absolute Gasteiger partial charge is 0.493 e. The molecule has 4 heteroatoms. The molecule has 0 aromatic heterocycles. The summed E-state index contributed by atoms with van der Waals surface area (Å²) in [6.07, 6.45) is 3.68. The molecular formula is C21H25NO3. The van der Waals surface area contributed by atoms with Crippen LogP contribution in [-0.2, 0) is 16.6 Å². The van der Waals surface area contributed by atoms with E-state index in [1.54, 1.807) is 14.2 Å². The van der Waals surface area contributed by atoms with E-state index in [1.165, 1.54) is 5.56 Å². The van der Waals surface area contributed by atoms with Crippen molar-refractivity contribution in [1.29, 1.82) is 0 Å². The molecule has 0 aliphatic heterocycles. The summed E-state index contributed by atoms with van der Waals surface area (Å²) < 4.78 is 10.7. The second kappa shape index (κ2) is 7.60. The molecule has 1 N–H and O–H groups in total. The molecule has 1 amide bonds. The average molecular weight is 339 g/mol. The Morgan fingerprint density at radius 3 is 2.40 bits per heavy atom. The summed E-state index contributed by atoms with van der Waals surface area (Å²) in [4.78, 5) is 12.7. The van der Waals surface area contributed by atoms with E-state index in [-0.39, 0.29) is 5.91 Å². The van der Waals surface area contributed by atoms with E-state index in [0.717, 1.165) is 31.2 Å². The van der Waals surface area contributed by atoms with E-state index < -0.39 is 5.41 Å². The highest BCUT2D eigenvalue weighted by Crippen LogP contribution is 2.50. The molecule has 2 aromatic carbocycles. The highest BCUT2D eigenvalue weighted by Gasteiger charge is 2.51. The van der Waals surface area contributed by atoms with Crippen molar-refractivity contribution in [2.24, 2.45) is 0 Å². The van der Waals surface area contributed by atoms with E-state index >= 15 is 0 Å². The Kier molecular flexibility index (Phi) is 5.27. The van der Waals surface area contributed by atoms with Gasteiger partial charge in [-0.3, -0.25) is 4.79 Å². The van der Waals surface area contributed by atoms with Gasteiger partial charge in [0.15, 0.2) is 11.5 Å². The monoisotopic (exact) mass is 339 g/mol. The van der Waals surface area contributed by atoms with Crippen LogP contribution in [0.2, 0.25) is 0 Å². The van der Waals surface area contributed by atoms with Crippen LogP contribution in [0, 0.1) is 0 Å². The lowest BCUT2D eigenvalue weighted by molar-refractivity contribution is -0.123. The molecule has 1 aliphatic carbocycles. The van der Waals surface area contributed by atoms with Gasteiger partial charge in [-0.1, -0.05) is 36.4 Å². The lowest BCUT2D eigenvalue weighted by Gasteiger charge is -2.18. The first-order valence-corrected chi connectivity index (χ1v) is 8.74. The molecule has 0 saturated heterocycles. The standard InChI is InChI=1S/C21H25NO3/c1-24-18-11-10-17(15-19(18)25-2)21(12-13-21)20(23)22-14-6-9-16-7-4-3-5-8-16/h3-5,7-8,10-11,15H,6,9,12-14H2,1-2H3,(H,22,23). The Labute approximate surface area is 149 Å². The first-order chi connectivity index (χ1) is 12.2. The van der Waals surface area contributed by atoms with Crippen LogP contribution in [-0.4, -0.2) is 26.7 Å². The summed E-state index contributed by atoms with van der Waals surface area (Å²) in [5, 5.41) is 3.11. The number of nitrogens with one attached hydrogen (secondary N) is 1. The number of benzene rings is 2. The minimum atomic E-state index is -0.397. The molecule has 0 bridgehead atoms. The molecule has 25 heavy (non-hydrogen) atoms. The van der Waals surface area contributed by atoms with Crippen molar-refractivity contribution in [3.05, 3.63) is 59.7 Å². The van der Waals surface area contributed by atoms with Gasteiger partial charge in [-0.25, -0.2) is 0 Å². The Bertz CT molecular complexity index is 723. The SMILES string of the molecule is COc1ccc(C2(C(=O)NCCCc3ccccc3)CC2)cc1OC. The van der Waals surface area contributed by atoms with Crippen molar-refractivity contribution in [2.75, 3.05) is 20.8 Å². The summed E-state index contributed by atoms with van der Waals surface area (Å²) in [7, 11) is 3.23. The third-order valence-corrected chi connectivity index (χ3v) is 4.89. The van der Waals surface area contributed by atoms with Gasteiger partial charge in [-0.15, -0.1) is 0 Å². The third kappa shape index (κ3) is 3.78. The molecule has 2 aromatic rings. The summed E-state index contributed by atoms with van der Waals surface area (Å²) in [6.45, 7) is 0.697. The molecule has 0 radical (unpaired) electrons. The number of rotatable bonds is 8. The normalized spacial score (nSPS) is 14.6. The number of methoxy groups -OCH3 is 2. The average Bonchev–Trinajstić information content (AvgIpc) is 3.47. The van der Waals surface area contributed by atoms with Crippen LogP contribution < -0.4 is 14.8 Å². The van der Waals surface area contributed by atoms with Gasteiger partial charge in [0.2, 0.25) is 5.91 Å². The smallest absolute Gasteiger partial charge is 0.230 e. The first kappa shape index (κ1) is 17.3. The quantitative estimate of drug-likeness (QED) is 0.749. The lowest BCUT2D eigenvalue weighted by atomic mass is 9.94. The lowest BCUT2D eigenvalue weighted by Crippen LogP contribution is -2.35. The molecule has 0 unspecified atom stereocenters. The third-order valence-electron chi connectivity index (χ3n) is 4.89. The van der Waals surface area contributed by atoms with Gasteiger partial charge in [0.1, 0.15) is 0 Å². The molecule has 132 valence electrons. The van der Waals surface area contributed by atoms with Gasteiger partial charge < -0.3 is 14.8 Å². The van der Waals surface area contributed by atoms with E-state index in [0.29, 0.717) is 18.0 Å². The number of carbonyl (C=O) groups is 1. The van der Waals surface area contributed by atoms with Gasteiger partial charge in [-0.05, 0) is 48.9 Å². The maximum Gasteiger partial charge on any atom is 0.230 e. The van der Waals surface area contributed by atoms with E-state index in [1.807, 2.05) is 36.4 Å². The minimum Gasteiger partial charge on any atom is -0.493 e. The predicted octanol–water partition coefficient (Wildman–Crippen LogP) is 3.48. The molecule has 0 atom stereocenters. The maximum absolute atomic E-state index is 12.7. The van der Waals surface area contributed by atoms with Crippen LogP contribution >= 0.6 is 0 Å². The van der Waals surface area contributed by atoms with Crippen LogP contribution in [0.5, 0.6) is 11.5 Å². The molecule has 1 saturated carbocycles. The summed E-state index contributed by atoms with van der Waals surface area (Å²) >= 11 is 0. The number of hydrogen-bond donors (Lipinski definition) is 1.